The Labute approximate surface area is 94.1 Å². The zero-order valence-electron chi connectivity index (χ0n) is 9.27. The van der Waals surface area contributed by atoms with Gasteiger partial charge in [-0.25, -0.2) is 4.98 Å². The summed E-state index contributed by atoms with van der Waals surface area (Å²) >= 11 is 0. The van der Waals surface area contributed by atoms with Crippen LogP contribution < -0.4 is 10.5 Å². The molecule has 2 aromatic heterocycles. The van der Waals surface area contributed by atoms with Crippen LogP contribution in [0.1, 0.15) is 5.56 Å². The molecule has 0 saturated heterocycles. The Bertz CT molecular complexity index is 511. The summed E-state index contributed by atoms with van der Waals surface area (Å²) in [5, 5.41) is 0. The molecule has 0 spiro atoms. The van der Waals surface area contributed by atoms with Crippen molar-refractivity contribution in [3.63, 3.8) is 0 Å². The number of hydrogen-bond acceptors (Lipinski definition) is 4. The predicted octanol–water partition coefficient (Wildman–Crippen LogP) is 2.04. The first-order chi connectivity index (χ1) is 7.72. The van der Waals surface area contributed by atoms with Crippen LogP contribution >= 0.6 is 0 Å². The molecule has 2 aromatic rings. The number of ether oxygens (including phenoxy) is 1. The number of aryl methyl sites for hydroxylation is 1. The fourth-order valence-electron chi connectivity index (χ4n) is 1.55. The Morgan fingerprint density at radius 2 is 2.12 bits per heavy atom. The van der Waals surface area contributed by atoms with Crippen LogP contribution in [0.5, 0.6) is 5.88 Å². The number of rotatable bonds is 2. The van der Waals surface area contributed by atoms with Gasteiger partial charge >= 0.3 is 0 Å². The van der Waals surface area contributed by atoms with E-state index in [0.29, 0.717) is 11.6 Å². The molecule has 0 saturated carbocycles. The van der Waals surface area contributed by atoms with Gasteiger partial charge < -0.3 is 10.5 Å². The third kappa shape index (κ3) is 1.82. The van der Waals surface area contributed by atoms with Crippen molar-refractivity contribution in [1.29, 1.82) is 0 Å². The van der Waals surface area contributed by atoms with Crippen molar-refractivity contribution in [2.75, 3.05) is 12.8 Å². The Hall–Kier alpha value is -2.10. The van der Waals surface area contributed by atoms with Gasteiger partial charge in [0.2, 0.25) is 5.88 Å². The highest BCUT2D eigenvalue weighted by atomic mass is 16.5. The number of aromatic nitrogens is 2. The molecule has 4 nitrogen and oxygen atoms in total. The molecule has 0 fully saturated rings. The molecule has 0 amide bonds. The lowest BCUT2D eigenvalue weighted by Gasteiger charge is -2.07. The molecule has 0 aromatic carbocycles. The van der Waals surface area contributed by atoms with Gasteiger partial charge in [-0.15, -0.1) is 0 Å². The highest BCUT2D eigenvalue weighted by molar-refractivity contribution is 5.70. The van der Waals surface area contributed by atoms with Crippen molar-refractivity contribution in [2.45, 2.75) is 6.92 Å². The van der Waals surface area contributed by atoms with Crippen molar-refractivity contribution in [3.8, 4) is 17.0 Å². The molecule has 2 heterocycles. The molecule has 2 N–H and O–H groups in total. The number of nitrogens with zero attached hydrogens (tertiary/aromatic N) is 2. The highest BCUT2D eigenvalue weighted by Crippen LogP contribution is 2.27. The van der Waals surface area contributed by atoms with Gasteiger partial charge in [0.15, 0.2) is 0 Å². The summed E-state index contributed by atoms with van der Waals surface area (Å²) in [4.78, 5) is 8.23. The Balaban J connectivity index is 2.50. The molecule has 0 radical (unpaired) electrons. The number of hydrogen-bond donors (Lipinski definition) is 1. The number of methoxy groups -OCH3 is 1. The highest BCUT2D eigenvalue weighted by Gasteiger charge is 2.06. The fourth-order valence-corrected chi connectivity index (χ4v) is 1.55. The maximum Gasteiger partial charge on any atom is 0.236 e. The quantitative estimate of drug-likeness (QED) is 0.832. The largest absolute Gasteiger partial charge is 0.480 e. The van der Waals surface area contributed by atoms with Crippen molar-refractivity contribution >= 4 is 5.69 Å². The molecular weight excluding hydrogens is 202 g/mol. The first kappa shape index (κ1) is 10.4. The lowest BCUT2D eigenvalue weighted by atomic mass is 10.0. The van der Waals surface area contributed by atoms with E-state index in [1.54, 1.807) is 25.7 Å². The van der Waals surface area contributed by atoms with E-state index in [4.69, 9.17) is 10.5 Å². The van der Waals surface area contributed by atoms with Gasteiger partial charge in [-0.05, 0) is 24.6 Å². The van der Waals surface area contributed by atoms with Crippen LogP contribution in [-0.2, 0) is 0 Å². The molecule has 0 atom stereocenters. The van der Waals surface area contributed by atoms with Crippen molar-refractivity contribution in [2.24, 2.45) is 0 Å². The second-order valence-corrected chi connectivity index (χ2v) is 3.51. The second-order valence-electron chi connectivity index (χ2n) is 3.51. The molecule has 4 heteroatoms. The van der Waals surface area contributed by atoms with Gasteiger partial charge in [0.1, 0.15) is 0 Å². The van der Waals surface area contributed by atoms with E-state index in [9.17, 15) is 0 Å². The average Bonchev–Trinajstić information content (AvgIpc) is 2.29. The monoisotopic (exact) mass is 215 g/mol. The van der Waals surface area contributed by atoms with E-state index >= 15 is 0 Å². The van der Waals surface area contributed by atoms with Crippen LogP contribution in [0.2, 0.25) is 0 Å². The average molecular weight is 215 g/mol. The van der Waals surface area contributed by atoms with Crippen LogP contribution in [0, 0.1) is 6.92 Å². The lowest BCUT2D eigenvalue weighted by Crippen LogP contribution is -1.96. The lowest BCUT2D eigenvalue weighted by molar-refractivity contribution is 0.400. The number of anilines is 1. The number of nitrogens with two attached hydrogens (primary N) is 1. The SMILES string of the molecule is COc1ncc(-c2cnccc2C)cc1N. The first-order valence-electron chi connectivity index (χ1n) is 4.93. The first-order valence-corrected chi connectivity index (χ1v) is 4.93. The number of nitrogen functional groups attached to an aromatic ring is 1. The van der Waals surface area contributed by atoms with Crippen LogP contribution in [0.25, 0.3) is 11.1 Å². The van der Waals surface area contributed by atoms with Gasteiger partial charge in [-0.2, -0.15) is 0 Å². The Morgan fingerprint density at radius 3 is 2.75 bits per heavy atom. The molecule has 0 unspecified atom stereocenters. The van der Waals surface area contributed by atoms with Crippen LogP contribution in [0.15, 0.2) is 30.7 Å². The van der Waals surface area contributed by atoms with E-state index in [0.717, 1.165) is 16.7 Å². The molecule has 2 rings (SSSR count). The Morgan fingerprint density at radius 1 is 1.31 bits per heavy atom. The van der Waals surface area contributed by atoms with E-state index in [2.05, 4.69) is 9.97 Å². The third-order valence-corrected chi connectivity index (χ3v) is 2.42. The van der Waals surface area contributed by atoms with Gasteiger partial charge in [-0.1, -0.05) is 0 Å². The molecule has 82 valence electrons. The van der Waals surface area contributed by atoms with Crippen LogP contribution in [0.3, 0.4) is 0 Å². The molecule has 0 bridgehead atoms. The fraction of sp³-hybridized carbons (Fsp3) is 0.167. The van der Waals surface area contributed by atoms with Gasteiger partial charge in [0.25, 0.3) is 0 Å². The van der Waals surface area contributed by atoms with Crippen molar-refractivity contribution < 1.29 is 4.74 Å². The smallest absolute Gasteiger partial charge is 0.236 e. The maximum atomic E-state index is 5.81. The van der Waals surface area contributed by atoms with E-state index in [-0.39, 0.29) is 0 Å². The van der Waals surface area contributed by atoms with Gasteiger partial charge in [-0.3, -0.25) is 4.98 Å². The minimum Gasteiger partial charge on any atom is -0.480 e. The normalized spacial score (nSPS) is 10.1. The summed E-state index contributed by atoms with van der Waals surface area (Å²) in [6, 6.07) is 3.80. The van der Waals surface area contributed by atoms with E-state index in [1.165, 1.54) is 0 Å². The van der Waals surface area contributed by atoms with Gasteiger partial charge in [0, 0.05) is 29.7 Å². The summed E-state index contributed by atoms with van der Waals surface area (Å²) in [7, 11) is 1.55. The summed E-state index contributed by atoms with van der Waals surface area (Å²) in [6.45, 7) is 2.03. The standard InChI is InChI=1S/C12H13N3O/c1-8-3-4-14-7-10(8)9-5-11(13)12(16-2)15-6-9/h3-7H,13H2,1-2H3. The van der Waals surface area contributed by atoms with E-state index in [1.807, 2.05) is 19.1 Å². The van der Waals surface area contributed by atoms with Crippen LogP contribution in [0.4, 0.5) is 5.69 Å². The third-order valence-electron chi connectivity index (χ3n) is 2.42. The maximum absolute atomic E-state index is 5.81. The summed E-state index contributed by atoms with van der Waals surface area (Å²) in [6.07, 6.45) is 5.30. The zero-order valence-corrected chi connectivity index (χ0v) is 9.27. The Kier molecular flexibility index (Phi) is 2.72. The summed E-state index contributed by atoms with van der Waals surface area (Å²) < 4.78 is 5.01. The van der Waals surface area contributed by atoms with Crippen molar-refractivity contribution in [3.05, 3.63) is 36.3 Å². The molecule has 0 aliphatic carbocycles. The topological polar surface area (TPSA) is 61.0 Å². The van der Waals surface area contributed by atoms with E-state index < -0.39 is 0 Å². The molecule has 0 aliphatic rings. The van der Waals surface area contributed by atoms with Crippen LogP contribution in [-0.4, -0.2) is 17.1 Å². The number of pyridine rings is 2. The molecule has 16 heavy (non-hydrogen) atoms. The predicted molar refractivity (Wildman–Crippen MR) is 63.2 cm³/mol. The molecular formula is C12H13N3O. The second kappa shape index (κ2) is 4.18. The van der Waals surface area contributed by atoms with Crippen molar-refractivity contribution in [1.82, 2.24) is 9.97 Å². The minimum atomic E-state index is 0.449. The molecule has 0 aliphatic heterocycles. The van der Waals surface area contributed by atoms with Gasteiger partial charge in [0.05, 0.1) is 12.8 Å². The summed E-state index contributed by atoms with van der Waals surface area (Å²) in [5.41, 5.74) is 9.46. The zero-order chi connectivity index (χ0) is 11.5. The minimum absolute atomic E-state index is 0.449. The summed E-state index contributed by atoms with van der Waals surface area (Å²) in [5.74, 6) is 0.449.